The lowest BCUT2D eigenvalue weighted by Crippen LogP contribution is -2.35. The van der Waals surface area contributed by atoms with Gasteiger partial charge in [-0.15, -0.1) is 0 Å². The van der Waals surface area contributed by atoms with E-state index in [-0.39, 0.29) is 16.6 Å². The van der Waals surface area contributed by atoms with Gasteiger partial charge in [-0.05, 0) is 70.1 Å². The van der Waals surface area contributed by atoms with Gasteiger partial charge in [0.1, 0.15) is 4.90 Å². The van der Waals surface area contributed by atoms with Crippen LogP contribution in [-0.4, -0.2) is 49.7 Å². The average Bonchev–Trinajstić information content (AvgIpc) is 2.92. The normalized spacial score (nSPS) is 19.2. The Morgan fingerprint density at radius 1 is 0.867 bits per heavy atom. The minimum absolute atomic E-state index is 0.128. The molecule has 0 unspecified atom stereocenters. The molecule has 0 atom stereocenters. The largest absolute Gasteiger partial charge is 0.449 e. The third kappa shape index (κ3) is 3.66. The summed E-state index contributed by atoms with van der Waals surface area (Å²) < 4.78 is 35.1. The predicted molar refractivity (Wildman–Crippen MR) is 117 cm³/mol. The Morgan fingerprint density at radius 2 is 1.43 bits per heavy atom. The fourth-order valence-electron chi connectivity index (χ4n) is 4.71. The number of aryl methyl sites for hydroxylation is 2. The van der Waals surface area contributed by atoms with Crippen LogP contribution < -0.4 is 0 Å². The molecule has 1 amide bonds. The van der Waals surface area contributed by atoms with Gasteiger partial charge < -0.3 is 9.32 Å². The zero-order valence-corrected chi connectivity index (χ0v) is 19.1. The Labute approximate surface area is 179 Å². The Morgan fingerprint density at radius 3 is 2.07 bits per heavy atom. The van der Waals surface area contributed by atoms with E-state index in [0.29, 0.717) is 24.2 Å². The maximum atomic E-state index is 13.7. The molecule has 0 N–H and O–H groups in total. The van der Waals surface area contributed by atoms with E-state index in [0.717, 1.165) is 74.5 Å². The van der Waals surface area contributed by atoms with Crippen molar-refractivity contribution in [3.8, 4) is 0 Å². The van der Waals surface area contributed by atoms with E-state index in [1.54, 1.807) is 4.31 Å². The van der Waals surface area contributed by atoms with E-state index in [4.69, 9.17) is 4.42 Å². The number of benzene rings is 1. The van der Waals surface area contributed by atoms with Gasteiger partial charge >= 0.3 is 0 Å². The van der Waals surface area contributed by atoms with Crippen LogP contribution in [0, 0.1) is 20.8 Å². The number of piperidine rings is 1. The van der Waals surface area contributed by atoms with Crippen LogP contribution in [0.5, 0.6) is 0 Å². The molecule has 0 spiro atoms. The zero-order chi connectivity index (χ0) is 21.5. The van der Waals surface area contributed by atoms with E-state index < -0.39 is 10.0 Å². The molecule has 0 aliphatic carbocycles. The van der Waals surface area contributed by atoms with Crippen LogP contribution in [0.25, 0.3) is 11.0 Å². The molecular weight excluding hydrogens is 400 g/mol. The highest BCUT2D eigenvalue weighted by molar-refractivity contribution is 7.89. The summed E-state index contributed by atoms with van der Waals surface area (Å²) in [6.07, 6.45) is 7.01. The Kier molecular flexibility index (Phi) is 5.95. The van der Waals surface area contributed by atoms with Crippen LogP contribution in [0.3, 0.4) is 0 Å². The lowest BCUT2D eigenvalue weighted by Gasteiger charge is -2.25. The van der Waals surface area contributed by atoms with Crippen LogP contribution >= 0.6 is 0 Å². The molecule has 1 aromatic carbocycles. The summed E-state index contributed by atoms with van der Waals surface area (Å²) in [5.41, 5.74) is 2.67. The number of carbonyl (C=O) groups is 1. The number of fused-ring (bicyclic) bond motifs is 1. The van der Waals surface area contributed by atoms with Crippen molar-refractivity contribution in [2.75, 3.05) is 26.2 Å². The summed E-state index contributed by atoms with van der Waals surface area (Å²) in [4.78, 5) is 15.2. The first kappa shape index (κ1) is 21.4. The fraction of sp³-hybridized carbons (Fsp3) is 0.609. The maximum Gasteiger partial charge on any atom is 0.289 e. The van der Waals surface area contributed by atoms with Crippen molar-refractivity contribution in [3.05, 3.63) is 28.5 Å². The summed E-state index contributed by atoms with van der Waals surface area (Å²) >= 11 is 0. The first-order chi connectivity index (χ1) is 14.3. The highest BCUT2D eigenvalue weighted by Gasteiger charge is 2.33. The standard InChI is InChI=1S/C23H32N2O4S/c1-16-15-19-18(3)20(23(26)24-11-7-6-8-12-24)29-21(19)22(17(16)2)30(27,28)25-13-9-4-5-10-14-25/h15H,4-14H2,1-3H3. The van der Waals surface area contributed by atoms with Gasteiger partial charge in [-0.25, -0.2) is 8.42 Å². The van der Waals surface area contributed by atoms with Gasteiger partial charge in [0, 0.05) is 37.1 Å². The molecule has 4 rings (SSSR count). The van der Waals surface area contributed by atoms with Crippen LogP contribution in [-0.2, 0) is 10.0 Å². The summed E-state index contributed by atoms with van der Waals surface area (Å²) in [7, 11) is -3.70. The van der Waals surface area contributed by atoms with Crippen molar-refractivity contribution in [1.29, 1.82) is 0 Å². The maximum absolute atomic E-state index is 13.7. The third-order valence-corrected chi connectivity index (χ3v) is 8.75. The molecule has 0 radical (unpaired) electrons. The lowest BCUT2D eigenvalue weighted by atomic mass is 10.0. The van der Waals surface area contributed by atoms with Crippen molar-refractivity contribution >= 4 is 26.9 Å². The molecule has 2 aromatic rings. The highest BCUT2D eigenvalue weighted by atomic mass is 32.2. The quantitative estimate of drug-likeness (QED) is 0.713. The van der Waals surface area contributed by atoms with Gasteiger partial charge in [0.2, 0.25) is 10.0 Å². The van der Waals surface area contributed by atoms with Gasteiger partial charge in [-0.3, -0.25) is 4.79 Å². The summed E-state index contributed by atoms with van der Waals surface area (Å²) in [6, 6.07) is 1.96. The van der Waals surface area contributed by atoms with Crippen molar-refractivity contribution in [1.82, 2.24) is 9.21 Å². The van der Waals surface area contributed by atoms with E-state index in [1.165, 1.54) is 0 Å². The molecule has 2 fully saturated rings. The molecule has 2 saturated heterocycles. The Bertz CT molecular complexity index is 1060. The van der Waals surface area contributed by atoms with E-state index in [2.05, 4.69) is 0 Å². The van der Waals surface area contributed by atoms with Crippen molar-refractivity contribution in [3.63, 3.8) is 0 Å². The molecule has 7 heteroatoms. The van der Waals surface area contributed by atoms with Crippen molar-refractivity contribution in [2.24, 2.45) is 0 Å². The highest BCUT2D eigenvalue weighted by Crippen LogP contribution is 2.37. The molecular formula is C23H32N2O4S. The van der Waals surface area contributed by atoms with E-state index in [1.807, 2.05) is 31.7 Å². The average molecular weight is 433 g/mol. The van der Waals surface area contributed by atoms with Gasteiger partial charge in [-0.1, -0.05) is 12.8 Å². The third-order valence-electron chi connectivity index (χ3n) is 6.69. The second-order valence-corrected chi connectivity index (χ2v) is 10.6. The topological polar surface area (TPSA) is 70.8 Å². The first-order valence-electron chi connectivity index (χ1n) is 11.1. The molecule has 0 bridgehead atoms. The summed E-state index contributed by atoms with van der Waals surface area (Å²) in [5, 5.41) is 0.729. The second-order valence-electron chi connectivity index (χ2n) is 8.75. The van der Waals surface area contributed by atoms with Crippen molar-refractivity contribution in [2.45, 2.75) is 70.6 Å². The van der Waals surface area contributed by atoms with E-state index in [9.17, 15) is 13.2 Å². The Hall–Kier alpha value is -1.86. The number of hydrogen-bond acceptors (Lipinski definition) is 4. The summed E-state index contributed by atoms with van der Waals surface area (Å²) in [6.45, 7) is 8.16. The predicted octanol–water partition coefficient (Wildman–Crippen LogP) is 4.55. The monoisotopic (exact) mass is 432 g/mol. The lowest BCUT2D eigenvalue weighted by molar-refractivity contribution is 0.0693. The molecule has 2 aliphatic heterocycles. The van der Waals surface area contributed by atoms with Crippen LogP contribution in [0.1, 0.15) is 72.2 Å². The number of hydrogen-bond donors (Lipinski definition) is 0. The van der Waals surface area contributed by atoms with Gasteiger partial charge in [0.05, 0.1) is 0 Å². The second kappa shape index (κ2) is 8.35. The number of rotatable bonds is 3. The van der Waals surface area contributed by atoms with Crippen LogP contribution in [0.15, 0.2) is 15.4 Å². The number of carbonyl (C=O) groups excluding carboxylic acids is 1. The molecule has 2 aliphatic rings. The zero-order valence-electron chi connectivity index (χ0n) is 18.3. The summed E-state index contributed by atoms with van der Waals surface area (Å²) in [5.74, 6) is 0.154. The molecule has 6 nitrogen and oxygen atoms in total. The molecule has 3 heterocycles. The Balaban J connectivity index is 1.85. The SMILES string of the molecule is Cc1cc2c(C)c(C(=O)N3CCCCC3)oc2c(S(=O)(=O)N2CCCCCC2)c1C. The van der Waals surface area contributed by atoms with Gasteiger partial charge in [0.25, 0.3) is 5.91 Å². The minimum atomic E-state index is -3.70. The van der Waals surface area contributed by atoms with E-state index >= 15 is 0 Å². The molecule has 1 aromatic heterocycles. The van der Waals surface area contributed by atoms with Crippen LogP contribution in [0.2, 0.25) is 0 Å². The van der Waals surface area contributed by atoms with Crippen molar-refractivity contribution < 1.29 is 17.6 Å². The smallest absolute Gasteiger partial charge is 0.289 e. The number of nitrogens with zero attached hydrogens (tertiary/aromatic N) is 2. The number of likely N-dealkylation sites (tertiary alicyclic amines) is 1. The number of amides is 1. The fourth-order valence-corrected chi connectivity index (χ4v) is 6.64. The molecule has 0 saturated carbocycles. The van der Waals surface area contributed by atoms with Gasteiger partial charge in [0.15, 0.2) is 11.3 Å². The van der Waals surface area contributed by atoms with Crippen LogP contribution in [0.4, 0.5) is 0 Å². The van der Waals surface area contributed by atoms with Gasteiger partial charge in [-0.2, -0.15) is 4.31 Å². The first-order valence-corrected chi connectivity index (χ1v) is 12.6. The number of sulfonamides is 1. The molecule has 30 heavy (non-hydrogen) atoms. The minimum Gasteiger partial charge on any atom is -0.449 e. The molecule has 164 valence electrons. The number of furan rings is 1.